The van der Waals surface area contributed by atoms with Gasteiger partial charge in [-0.15, -0.1) is 0 Å². The van der Waals surface area contributed by atoms with E-state index in [9.17, 15) is 13.6 Å². The largest absolute Gasteiger partial charge is 0.409 e. The Morgan fingerprint density at radius 2 is 2.17 bits per heavy atom. The van der Waals surface area contributed by atoms with Gasteiger partial charge in [-0.05, 0) is 6.92 Å². The molecule has 0 saturated heterocycles. The van der Waals surface area contributed by atoms with Crippen LogP contribution in [0, 0.1) is 0 Å². The highest BCUT2D eigenvalue weighted by atomic mass is 19.3. The Labute approximate surface area is 104 Å². The molecule has 0 saturated carbocycles. The molecule has 0 heterocycles. The second-order valence-electron chi connectivity index (χ2n) is 3.87. The Morgan fingerprint density at radius 1 is 1.56 bits per heavy atom. The Morgan fingerprint density at radius 3 is 2.67 bits per heavy atom. The number of carbonyl (C=O) groups is 1. The summed E-state index contributed by atoms with van der Waals surface area (Å²) in [6, 6.07) is -0.247. The van der Waals surface area contributed by atoms with E-state index in [2.05, 4.69) is 9.89 Å². The number of amides is 1. The summed E-state index contributed by atoms with van der Waals surface area (Å²) in [6.07, 6.45) is -2.28. The van der Waals surface area contributed by atoms with Gasteiger partial charge in [-0.1, -0.05) is 5.16 Å². The molecule has 0 aromatic heterocycles. The lowest BCUT2D eigenvalue weighted by Gasteiger charge is -2.24. The highest BCUT2D eigenvalue weighted by Crippen LogP contribution is 2.04. The van der Waals surface area contributed by atoms with Gasteiger partial charge in [0.15, 0.2) is 0 Å². The molecule has 0 rings (SSSR count). The van der Waals surface area contributed by atoms with Crippen molar-refractivity contribution in [3.05, 3.63) is 0 Å². The third kappa shape index (κ3) is 7.00. The summed E-state index contributed by atoms with van der Waals surface area (Å²) in [5, 5.41) is 11.2. The summed E-state index contributed by atoms with van der Waals surface area (Å²) >= 11 is 0. The number of rotatable bonds is 8. The maximum atomic E-state index is 11.8. The molecule has 0 fully saturated rings. The molecule has 0 radical (unpaired) electrons. The molecule has 0 spiro atoms. The number of alkyl halides is 2. The third-order valence-corrected chi connectivity index (χ3v) is 2.39. The fourth-order valence-corrected chi connectivity index (χ4v) is 1.23. The van der Waals surface area contributed by atoms with Crippen molar-refractivity contribution in [3.8, 4) is 0 Å². The van der Waals surface area contributed by atoms with Crippen LogP contribution in [0.1, 0.15) is 19.8 Å². The highest BCUT2D eigenvalue weighted by Gasteiger charge is 2.17. The topological polar surface area (TPSA) is 88.2 Å². The van der Waals surface area contributed by atoms with Crippen molar-refractivity contribution < 1.29 is 23.5 Å². The molecule has 3 N–H and O–H groups in total. The first kappa shape index (κ1) is 16.6. The molecule has 106 valence electrons. The number of halogens is 2. The van der Waals surface area contributed by atoms with Gasteiger partial charge in [-0.3, -0.25) is 4.79 Å². The monoisotopic (exact) mass is 267 g/mol. The summed E-state index contributed by atoms with van der Waals surface area (Å²) in [5.74, 6) is -0.224. The maximum absolute atomic E-state index is 11.8. The molecule has 18 heavy (non-hydrogen) atoms. The molecule has 6 nitrogen and oxygen atoms in total. The Hall–Kier alpha value is -1.44. The molecule has 0 aliphatic heterocycles. The van der Waals surface area contributed by atoms with Crippen LogP contribution in [-0.2, 0) is 9.53 Å². The summed E-state index contributed by atoms with van der Waals surface area (Å²) < 4.78 is 28.1. The SMILES string of the molecule is CC(CC(N)=NO)N(C)C(=O)CCOCC(F)F. The van der Waals surface area contributed by atoms with Crippen molar-refractivity contribution >= 4 is 11.7 Å². The number of carbonyl (C=O) groups excluding carboxylic acids is 1. The van der Waals surface area contributed by atoms with Crippen molar-refractivity contribution in [1.29, 1.82) is 0 Å². The van der Waals surface area contributed by atoms with Gasteiger partial charge >= 0.3 is 0 Å². The van der Waals surface area contributed by atoms with Crippen molar-refractivity contribution in [2.24, 2.45) is 10.9 Å². The van der Waals surface area contributed by atoms with Gasteiger partial charge in [0.1, 0.15) is 12.4 Å². The molecule has 8 heteroatoms. The summed E-state index contributed by atoms with van der Waals surface area (Å²) in [4.78, 5) is 13.0. The molecule has 0 bridgehead atoms. The van der Waals surface area contributed by atoms with Crippen LogP contribution in [0.4, 0.5) is 8.78 Å². The molecule has 1 amide bonds. The number of nitrogens with two attached hydrogens (primary N) is 1. The third-order valence-electron chi connectivity index (χ3n) is 2.39. The van der Waals surface area contributed by atoms with E-state index in [0.717, 1.165) is 0 Å². The van der Waals surface area contributed by atoms with E-state index in [1.54, 1.807) is 14.0 Å². The quantitative estimate of drug-likeness (QED) is 0.222. The zero-order chi connectivity index (χ0) is 14.1. The smallest absolute Gasteiger partial charge is 0.261 e. The van der Waals surface area contributed by atoms with Crippen LogP contribution >= 0.6 is 0 Å². The maximum Gasteiger partial charge on any atom is 0.261 e. The lowest BCUT2D eigenvalue weighted by Crippen LogP contribution is -2.38. The zero-order valence-electron chi connectivity index (χ0n) is 10.5. The predicted octanol–water partition coefficient (Wildman–Crippen LogP) is 0.642. The van der Waals surface area contributed by atoms with Gasteiger partial charge < -0.3 is 20.6 Å². The minimum atomic E-state index is -2.53. The average Bonchev–Trinajstić information content (AvgIpc) is 2.32. The number of nitrogens with zero attached hydrogens (tertiary/aromatic N) is 2. The molecular formula is C10H19F2N3O3. The van der Waals surface area contributed by atoms with Crippen LogP contribution in [0.25, 0.3) is 0 Å². The van der Waals surface area contributed by atoms with E-state index in [-0.39, 0.29) is 37.2 Å². The Kier molecular flexibility index (Phi) is 7.93. The normalized spacial score (nSPS) is 13.7. The van der Waals surface area contributed by atoms with E-state index in [0.29, 0.717) is 0 Å². The minimum absolute atomic E-state index is 0.0176. The van der Waals surface area contributed by atoms with E-state index in [4.69, 9.17) is 10.9 Å². The van der Waals surface area contributed by atoms with Crippen LogP contribution in [0.3, 0.4) is 0 Å². The second kappa shape index (κ2) is 8.62. The van der Waals surface area contributed by atoms with Gasteiger partial charge in [0.05, 0.1) is 13.0 Å². The molecule has 0 aromatic carbocycles. The fourth-order valence-electron chi connectivity index (χ4n) is 1.23. The highest BCUT2D eigenvalue weighted by molar-refractivity contribution is 5.81. The van der Waals surface area contributed by atoms with Gasteiger partial charge in [-0.2, -0.15) is 0 Å². The Bertz CT molecular complexity index is 288. The second-order valence-corrected chi connectivity index (χ2v) is 3.87. The van der Waals surface area contributed by atoms with Gasteiger partial charge in [-0.25, -0.2) is 8.78 Å². The first-order valence-corrected chi connectivity index (χ1v) is 5.46. The summed E-state index contributed by atoms with van der Waals surface area (Å²) in [6.45, 7) is 1.01. The summed E-state index contributed by atoms with van der Waals surface area (Å²) in [7, 11) is 1.56. The van der Waals surface area contributed by atoms with Crippen LogP contribution in [0.5, 0.6) is 0 Å². The van der Waals surface area contributed by atoms with E-state index >= 15 is 0 Å². The number of ether oxygens (including phenoxy) is 1. The standard InChI is InChI=1S/C10H19F2N3O3/c1-7(5-9(13)14-17)15(2)10(16)3-4-18-6-8(11)12/h7-8,17H,3-6H2,1-2H3,(H2,13,14). The van der Waals surface area contributed by atoms with Gasteiger partial charge in [0.2, 0.25) is 5.91 Å². The first-order valence-electron chi connectivity index (χ1n) is 5.46. The van der Waals surface area contributed by atoms with Crippen LogP contribution < -0.4 is 5.73 Å². The number of amidine groups is 1. The number of oxime groups is 1. The van der Waals surface area contributed by atoms with Gasteiger partial charge in [0.25, 0.3) is 6.43 Å². The molecule has 0 aromatic rings. The molecular weight excluding hydrogens is 248 g/mol. The number of hydrogen-bond acceptors (Lipinski definition) is 4. The van der Waals surface area contributed by atoms with Crippen LogP contribution in [-0.4, -0.2) is 54.6 Å². The summed E-state index contributed by atoms with van der Waals surface area (Å²) in [5.41, 5.74) is 5.32. The fraction of sp³-hybridized carbons (Fsp3) is 0.800. The lowest BCUT2D eigenvalue weighted by molar-refractivity contribution is -0.133. The van der Waals surface area contributed by atoms with Crippen molar-refractivity contribution in [2.75, 3.05) is 20.3 Å². The predicted molar refractivity (Wildman–Crippen MR) is 61.7 cm³/mol. The van der Waals surface area contributed by atoms with Crippen molar-refractivity contribution in [2.45, 2.75) is 32.2 Å². The number of hydrogen-bond donors (Lipinski definition) is 2. The van der Waals surface area contributed by atoms with Crippen LogP contribution in [0.2, 0.25) is 0 Å². The minimum Gasteiger partial charge on any atom is -0.409 e. The molecule has 1 atom stereocenters. The van der Waals surface area contributed by atoms with Gasteiger partial charge in [0, 0.05) is 19.5 Å². The van der Waals surface area contributed by atoms with Crippen LogP contribution in [0.15, 0.2) is 5.16 Å². The van der Waals surface area contributed by atoms with Crippen molar-refractivity contribution in [3.63, 3.8) is 0 Å². The first-order chi connectivity index (χ1) is 8.38. The molecule has 0 aliphatic rings. The Balaban J connectivity index is 3.94. The molecule has 1 unspecified atom stereocenters. The van der Waals surface area contributed by atoms with E-state index in [1.807, 2.05) is 0 Å². The lowest BCUT2D eigenvalue weighted by atomic mass is 10.2. The van der Waals surface area contributed by atoms with Crippen molar-refractivity contribution in [1.82, 2.24) is 4.90 Å². The zero-order valence-corrected chi connectivity index (χ0v) is 10.5. The average molecular weight is 267 g/mol. The van der Waals surface area contributed by atoms with E-state index < -0.39 is 13.0 Å². The van der Waals surface area contributed by atoms with E-state index in [1.165, 1.54) is 4.90 Å². The molecule has 0 aliphatic carbocycles.